The molecular weight excluding hydrogens is 488 g/mol. The molecule has 0 aromatic heterocycles. The first-order valence-electron chi connectivity index (χ1n) is 8.30. The zero-order valence-corrected chi connectivity index (χ0v) is 18.2. The van der Waals surface area contributed by atoms with Crippen molar-refractivity contribution in [2.45, 2.75) is 31.7 Å². The molecule has 0 aromatic rings. The summed E-state index contributed by atoms with van der Waals surface area (Å²) in [5, 5.41) is 6.25. The van der Waals surface area contributed by atoms with Gasteiger partial charge in [-0.3, -0.25) is 4.99 Å². The molecule has 0 aliphatic carbocycles. The molecule has 0 atom stereocenters. The zero-order valence-electron chi connectivity index (χ0n) is 15.0. The second-order valence-electron chi connectivity index (χ2n) is 5.79. The van der Waals surface area contributed by atoms with Gasteiger partial charge in [0.05, 0.1) is 0 Å². The number of guanidine groups is 1. The van der Waals surface area contributed by atoms with E-state index in [9.17, 15) is 21.6 Å². The van der Waals surface area contributed by atoms with Gasteiger partial charge in [-0.1, -0.05) is 0 Å². The van der Waals surface area contributed by atoms with Crippen LogP contribution in [0.25, 0.3) is 0 Å². The van der Waals surface area contributed by atoms with Crippen molar-refractivity contribution in [1.29, 1.82) is 0 Å². The van der Waals surface area contributed by atoms with E-state index < -0.39 is 15.5 Å². The summed E-state index contributed by atoms with van der Waals surface area (Å²) in [5.41, 5.74) is -5.23. The monoisotopic (exact) mass is 516 g/mol. The second kappa shape index (κ2) is 12.2. The SMILES string of the molecule is CCNC(=NCC1CCN(S(=O)(=O)C(F)(F)F)CC1)NCCCOC.I. The van der Waals surface area contributed by atoms with E-state index >= 15 is 0 Å². The summed E-state index contributed by atoms with van der Waals surface area (Å²) < 4.78 is 65.9. The van der Waals surface area contributed by atoms with Gasteiger partial charge in [-0.25, -0.2) is 8.42 Å². The van der Waals surface area contributed by atoms with Gasteiger partial charge in [0.15, 0.2) is 5.96 Å². The summed E-state index contributed by atoms with van der Waals surface area (Å²) >= 11 is 0. The van der Waals surface area contributed by atoms with Crippen molar-refractivity contribution in [3.05, 3.63) is 0 Å². The summed E-state index contributed by atoms with van der Waals surface area (Å²) in [6.45, 7) is 4.16. The topological polar surface area (TPSA) is 83.0 Å². The molecule has 0 aromatic carbocycles. The van der Waals surface area contributed by atoms with Crippen LogP contribution in [0, 0.1) is 5.92 Å². The minimum absolute atomic E-state index is 0. The van der Waals surface area contributed by atoms with Crippen LogP contribution in [0.2, 0.25) is 0 Å². The molecule has 156 valence electrons. The van der Waals surface area contributed by atoms with E-state index in [2.05, 4.69) is 15.6 Å². The van der Waals surface area contributed by atoms with E-state index in [4.69, 9.17) is 4.74 Å². The molecular formula is C14H28F3IN4O3S. The molecule has 0 spiro atoms. The Morgan fingerprint density at radius 3 is 2.38 bits per heavy atom. The van der Waals surface area contributed by atoms with Crippen molar-refractivity contribution in [3.8, 4) is 0 Å². The first-order valence-corrected chi connectivity index (χ1v) is 9.74. The van der Waals surface area contributed by atoms with Crippen molar-refractivity contribution >= 4 is 40.0 Å². The van der Waals surface area contributed by atoms with E-state index in [-0.39, 0.29) is 43.0 Å². The van der Waals surface area contributed by atoms with Gasteiger partial charge in [-0.2, -0.15) is 17.5 Å². The molecule has 12 heteroatoms. The van der Waals surface area contributed by atoms with Gasteiger partial charge >= 0.3 is 15.5 Å². The molecule has 0 amide bonds. The quantitative estimate of drug-likeness (QED) is 0.223. The Balaban J connectivity index is 0.00000625. The van der Waals surface area contributed by atoms with Gasteiger partial charge in [0.2, 0.25) is 0 Å². The van der Waals surface area contributed by atoms with E-state index in [1.807, 2.05) is 6.92 Å². The van der Waals surface area contributed by atoms with Crippen molar-refractivity contribution in [3.63, 3.8) is 0 Å². The van der Waals surface area contributed by atoms with E-state index in [0.29, 0.717) is 49.3 Å². The van der Waals surface area contributed by atoms with Crippen LogP contribution >= 0.6 is 24.0 Å². The van der Waals surface area contributed by atoms with Crippen LogP contribution in [-0.2, 0) is 14.8 Å². The van der Waals surface area contributed by atoms with Gasteiger partial charge < -0.3 is 15.4 Å². The summed E-state index contributed by atoms with van der Waals surface area (Å²) in [7, 11) is -3.59. The van der Waals surface area contributed by atoms with Crippen LogP contribution in [-0.4, -0.2) is 70.6 Å². The maximum atomic E-state index is 12.6. The van der Waals surface area contributed by atoms with Gasteiger partial charge in [-0.05, 0) is 32.1 Å². The highest BCUT2D eigenvalue weighted by molar-refractivity contribution is 14.0. The van der Waals surface area contributed by atoms with Crippen LogP contribution in [0.4, 0.5) is 13.2 Å². The average Bonchev–Trinajstić information content (AvgIpc) is 2.55. The number of methoxy groups -OCH3 is 1. The summed E-state index contributed by atoms with van der Waals surface area (Å²) in [6, 6.07) is 0. The number of nitrogens with one attached hydrogen (secondary N) is 2. The minimum atomic E-state index is -5.23. The summed E-state index contributed by atoms with van der Waals surface area (Å²) in [5.74, 6) is 0.707. The fourth-order valence-electron chi connectivity index (χ4n) is 2.46. The lowest BCUT2D eigenvalue weighted by Crippen LogP contribution is -2.45. The molecule has 0 radical (unpaired) electrons. The molecule has 7 nitrogen and oxygen atoms in total. The Hall–Kier alpha value is -0.340. The number of piperidine rings is 1. The van der Waals surface area contributed by atoms with Crippen LogP contribution in [0.3, 0.4) is 0 Å². The molecule has 2 N–H and O–H groups in total. The first-order chi connectivity index (χ1) is 11.7. The van der Waals surface area contributed by atoms with Gasteiger partial charge in [-0.15, -0.1) is 24.0 Å². The highest BCUT2D eigenvalue weighted by Crippen LogP contribution is 2.30. The molecule has 26 heavy (non-hydrogen) atoms. The molecule has 0 unspecified atom stereocenters. The fourth-order valence-corrected chi connectivity index (χ4v) is 3.45. The Labute approximate surface area is 170 Å². The van der Waals surface area contributed by atoms with Gasteiger partial charge in [0.1, 0.15) is 0 Å². The maximum Gasteiger partial charge on any atom is 0.511 e. The van der Waals surface area contributed by atoms with Gasteiger partial charge in [0.25, 0.3) is 0 Å². The second-order valence-corrected chi connectivity index (χ2v) is 7.72. The third kappa shape index (κ3) is 8.13. The smallest absolute Gasteiger partial charge is 0.385 e. The number of hydrogen-bond acceptors (Lipinski definition) is 4. The third-order valence-electron chi connectivity index (χ3n) is 3.88. The summed E-state index contributed by atoms with van der Waals surface area (Å²) in [6.07, 6.45) is 1.55. The molecule has 1 rings (SSSR count). The van der Waals surface area contributed by atoms with E-state index in [1.165, 1.54) is 0 Å². The number of sulfonamides is 1. The van der Waals surface area contributed by atoms with Crippen molar-refractivity contribution in [2.75, 3.05) is 46.4 Å². The predicted molar refractivity (Wildman–Crippen MR) is 105 cm³/mol. The largest absolute Gasteiger partial charge is 0.511 e. The number of hydrogen-bond donors (Lipinski definition) is 2. The number of aliphatic imine (C=N–C) groups is 1. The highest BCUT2D eigenvalue weighted by Gasteiger charge is 2.50. The Morgan fingerprint density at radius 2 is 1.88 bits per heavy atom. The maximum absolute atomic E-state index is 12.6. The lowest BCUT2D eigenvalue weighted by atomic mass is 9.98. The lowest BCUT2D eigenvalue weighted by molar-refractivity contribution is -0.0496. The molecule has 1 aliphatic rings. The van der Waals surface area contributed by atoms with Crippen LogP contribution < -0.4 is 10.6 Å². The van der Waals surface area contributed by atoms with E-state index in [0.717, 1.165) is 6.42 Å². The van der Waals surface area contributed by atoms with Crippen molar-refractivity contribution < 1.29 is 26.3 Å². The normalized spacial score (nSPS) is 17.7. The standard InChI is InChI=1S/C14H27F3N4O3S.HI/c1-3-18-13(19-7-4-10-24-2)20-11-12-5-8-21(9-6-12)25(22,23)14(15,16)17;/h12H,3-11H2,1-2H3,(H2,18,19,20);1H. The number of rotatable bonds is 8. The molecule has 0 bridgehead atoms. The Morgan fingerprint density at radius 1 is 1.27 bits per heavy atom. The van der Waals surface area contributed by atoms with Crippen molar-refractivity contribution in [2.24, 2.45) is 10.9 Å². The van der Waals surface area contributed by atoms with Crippen LogP contribution in [0.1, 0.15) is 26.2 Å². The molecule has 0 saturated carbocycles. The van der Waals surface area contributed by atoms with Crippen molar-refractivity contribution in [1.82, 2.24) is 14.9 Å². The summed E-state index contributed by atoms with van der Waals surface area (Å²) in [4.78, 5) is 4.43. The Bertz CT molecular complexity index is 524. The van der Waals surface area contributed by atoms with E-state index in [1.54, 1.807) is 7.11 Å². The number of halogens is 4. The number of ether oxygens (including phenoxy) is 1. The van der Waals surface area contributed by atoms with Crippen LogP contribution in [0.15, 0.2) is 4.99 Å². The lowest BCUT2D eigenvalue weighted by Gasteiger charge is -2.30. The number of alkyl halides is 3. The fraction of sp³-hybridized carbons (Fsp3) is 0.929. The van der Waals surface area contributed by atoms with Gasteiger partial charge in [0, 0.05) is 46.4 Å². The average molecular weight is 516 g/mol. The zero-order chi connectivity index (χ0) is 18.9. The molecule has 1 heterocycles. The highest BCUT2D eigenvalue weighted by atomic mass is 127. The third-order valence-corrected chi connectivity index (χ3v) is 5.51. The predicted octanol–water partition coefficient (Wildman–Crippen LogP) is 1.76. The van der Waals surface area contributed by atoms with Crippen LogP contribution in [0.5, 0.6) is 0 Å². The molecule has 1 fully saturated rings. The molecule has 1 aliphatic heterocycles. The molecule has 1 saturated heterocycles. The first kappa shape index (κ1) is 25.7. The Kier molecular flexibility index (Phi) is 12.0. The number of nitrogens with zero attached hydrogens (tertiary/aromatic N) is 2. The minimum Gasteiger partial charge on any atom is -0.385 e.